The molecule has 2 aromatic carbocycles. The Morgan fingerprint density at radius 1 is 1.00 bits per heavy atom. The summed E-state index contributed by atoms with van der Waals surface area (Å²) in [6.07, 6.45) is 0. The van der Waals surface area contributed by atoms with Crippen molar-refractivity contribution in [1.82, 2.24) is 5.32 Å². The fourth-order valence-electron chi connectivity index (χ4n) is 2.47. The first-order valence-electron chi connectivity index (χ1n) is 7.21. The molecule has 0 aliphatic heterocycles. The van der Waals surface area contributed by atoms with Crippen molar-refractivity contribution in [1.29, 1.82) is 0 Å². The lowest BCUT2D eigenvalue weighted by Gasteiger charge is -2.09. The fourth-order valence-corrected chi connectivity index (χ4v) is 2.83. The second-order valence-corrected chi connectivity index (χ2v) is 6.20. The molecule has 1 aromatic heterocycles. The van der Waals surface area contributed by atoms with E-state index in [-0.39, 0.29) is 5.63 Å². The van der Waals surface area contributed by atoms with E-state index in [0.717, 1.165) is 27.1 Å². The van der Waals surface area contributed by atoms with E-state index in [9.17, 15) is 4.79 Å². The van der Waals surface area contributed by atoms with Gasteiger partial charge >= 0.3 is 5.63 Å². The van der Waals surface area contributed by atoms with Crippen LogP contribution < -0.4 is 10.9 Å². The molecule has 23 heavy (non-hydrogen) atoms. The topological polar surface area (TPSA) is 42.2 Å². The number of hydrogen-bond donors (Lipinski definition) is 1. The Kier molecular flexibility index (Phi) is 4.71. The molecule has 0 bridgehead atoms. The highest BCUT2D eigenvalue weighted by Crippen LogP contribution is 2.25. The molecule has 0 atom stereocenters. The van der Waals surface area contributed by atoms with Gasteiger partial charge in [0.1, 0.15) is 5.58 Å². The van der Waals surface area contributed by atoms with Crippen LogP contribution in [-0.2, 0) is 13.1 Å². The lowest BCUT2D eigenvalue weighted by atomic mass is 10.1. The van der Waals surface area contributed by atoms with Gasteiger partial charge in [0.05, 0.1) is 0 Å². The third-order valence-corrected chi connectivity index (χ3v) is 4.47. The predicted octanol–water partition coefficient (Wildman–Crippen LogP) is 4.70. The van der Waals surface area contributed by atoms with Gasteiger partial charge in [-0.3, -0.25) is 0 Å². The summed E-state index contributed by atoms with van der Waals surface area (Å²) in [7, 11) is 0. The maximum Gasteiger partial charge on any atom is 0.336 e. The van der Waals surface area contributed by atoms with Gasteiger partial charge in [-0.1, -0.05) is 41.4 Å². The highest BCUT2D eigenvalue weighted by molar-refractivity contribution is 6.32. The molecular weight excluding hydrogens is 333 g/mol. The largest absolute Gasteiger partial charge is 0.423 e. The van der Waals surface area contributed by atoms with Gasteiger partial charge in [0.25, 0.3) is 0 Å². The third-order valence-electron chi connectivity index (χ3n) is 3.70. The summed E-state index contributed by atoms with van der Waals surface area (Å²) in [5, 5.41) is 5.51. The Balaban J connectivity index is 1.86. The van der Waals surface area contributed by atoms with E-state index < -0.39 is 0 Å². The zero-order valence-corrected chi connectivity index (χ0v) is 14.0. The molecular formula is C18H15Cl2NO2. The van der Waals surface area contributed by atoms with Crippen molar-refractivity contribution >= 4 is 34.2 Å². The maximum absolute atomic E-state index is 11.7. The van der Waals surface area contributed by atoms with Gasteiger partial charge in [0.15, 0.2) is 0 Å². The Bertz CT molecular complexity index is 919. The van der Waals surface area contributed by atoms with Crippen LogP contribution >= 0.6 is 23.2 Å². The number of hydrogen-bond acceptors (Lipinski definition) is 3. The van der Waals surface area contributed by atoms with Crippen molar-refractivity contribution in [3.8, 4) is 0 Å². The average Bonchev–Trinajstić information content (AvgIpc) is 2.51. The van der Waals surface area contributed by atoms with E-state index in [0.29, 0.717) is 23.7 Å². The monoisotopic (exact) mass is 347 g/mol. The van der Waals surface area contributed by atoms with Gasteiger partial charge in [0, 0.05) is 34.6 Å². The summed E-state index contributed by atoms with van der Waals surface area (Å²) in [5.74, 6) is 0. The van der Waals surface area contributed by atoms with Gasteiger partial charge in [-0.25, -0.2) is 4.79 Å². The first-order chi connectivity index (χ1) is 11.0. The van der Waals surface area contributed by atoms with Gasteiger partial charge in [0.2, 0.25) is 0 Å². The molecule has 3 rings (SSSR count). The minimum absolute atomic E-state index is 0.367. The molecule has 0 spiro atoms. The molecule has 3 nitrogen and oxygen atoms in total. The first-order valence-corrected chi connectivity index (χ1v) is 7.97. The first kappa shape index (κ1) is 16.1. The molecule has 5 heteroatoms. The quantitative estimate of drug-likeness (QED) is 0.695. The Hall–Kier alpha value is -1.81. The summed E-state index contributed by atoms with van der Waals surface area (Å²) in [5.41, 5.74) is 2.92. The molecule has 1 N–H and O–H groups in total. The molecule has 118 valence electrons. The Morgan fingerprint density at radius 3 is 2.52 bits per heavy atom. The lowest BCUT2D eigenvalue weighted by molar-refractivity contribution is 0.556. The molecule has 0 aliphatic rings. The molecule has 0 radical (unpaired) electrons. The van der Waals surface area contributed by atoms with Crippen LogP contribution in [0.25, 0.3) is 11.0 Å². The van der Waals surface area contributed by atoms with E-state index >= 15 is 0 Å². The summed E-state index contributed by atoms with van der Waals surface area (Å²) >= 11 is 12.3. The Morgan fingerprint density at radius 2 is 1.74 bits per heavy atom. The number of nitrogens with one attached hydrogen (secondary N) is 1. The van der Waals surface area contributed by atoms with Crippen LogP contribution in [-0.4, -0.2) is 0 Å². The lowest BCUT2D eigenvalue weighted by Crippen LogP contribution is -2.15. The zero-order valence-electron chi connectivity index (χ0n) is 12.5. The number of benzene rings is 2. The minimum Gasteiger partial charge on any atom is -0.423 e. The summed E-state index contributed by atoms with van der Waals surface area (Å²) < 4.78 is 5.26. The molecule has 1 heterocycles. The Labute approximate surface area is 143 Å². The summed E-state index contributed by atoms with van der Waals surface area (Å²) in [4.78, 5) is 11.7. The second kappa shape index (κ2) is 6.75. The average molecular weight is 348 g/mol. The van der Waals surface area contributed by atoms with Crippen molar-refractivity contribution in [2.45, 2.75) is 20.0 Å². The SMILES string of the molecule is Cc1cc2oc(=O)cc(CNCc3ccccc3Cl)c2cc1Cl. The van der Waals surface area contributed by atoms with Crippen LogP contribution in [0.1, 0.15) is 16.7 Å². The normalized spacial score (nSPS) is 11.1. The molecule has 0 unspecified atom stereocenters. The molecule has 3 aromatic rings. The molecule has 0 saturated carbocycles. The van der Waals surface area contributed by atoms with E-state index in [1.165, 1.54) is 6.07 Å². The second-order valence-electron chi connectivity index (χ2n) is 5.38. The smallest absolute Gasteiger partial charge is 0.336 e. The van der Waals surface area contributed by atoms with Crippen molar-refractivity contribution in [3.63, 3.8) is 0 Å². The third kappa shape index (κ3) is 3.58. The van der Waals surface area contributed by atoms with Crippen LogP contribution in [0.3, 0.4) is 0 Å². The zero-order chi connectivity index (χ0) is 16.4. The summed E-state index contributed by atoms with van der Waals surface area (Å²) in [6, 6.07) is 12.8. The number of rotatable bonds is 4. The molecule has 0 amide bonds. The highest BCUT2D eigenvalue weighted by atomic mass is 35.5. The maximum atomic E-state index is 11.7. The number of halogens is 2. The van der Waals surface area contributed by atoms with Crippen molar-refractivity contribution < 1.29 is 4.42 Å². The van der Waals surface area contributed by atoms with Gasteiger partial charge < -0.3 is 9.73 Å². The molecule has 0 aliphatic carbocycles. The van der Waals surface area contributed by atoms with Crippen molar-refractivity contribution in [2.75, 3.05) is 0 Å². The standard InChI is InChI=1S/C18H15Cl2NO2/c1-11-6-17-14(8-16(11)20)13(7-18(22)23-17)10-21-9-12-4-2-3-5-15(12)19/h2-8,21H,9-10H2,1H3. The number of aryl methyl sites for hydroxylation is 1. The highest BCUT2D eigenvalue weighted by Gasteiger charge is 2.08. The van der Waals surface area contributed by atoms with Gasteiger partial charge in [-0.15, -0.1) is 0 Å². The van der Waals surface area contributed by atoms with Crippen LogP contribution in [0.2, 0.25) is 10.0 Å². The van der Waals surface area contributed by atoms with Gasteiger partial charge in [-0.2, -0.15) is 0 Å². The predicted molar refractivity (Wildman–Crippen MR) is 94.2 cm³/mol. The van der Waals surface area contributed by atoms with Crippen molar-refractivity contribution in [3.05, 3.63) is 79.6 Å². The summed E-state index contributed by atoms with van der Waals surface area (Å²) in [6.45, 7) is 3.01. The van der Waals surface area contributed by atoms with E-state index in [4.69, 9.17) is 27.6 Å². The molecule has 0 saturated heterocycles. The van der Waals surface area contributed by atoms with E-state index in [1.54, 1.807) is 6.07 Å². The van der Waals surface area contributed by atoms with Crippen LogP contribution in [0.5, 0.6) is 0 Å². The van der Waals surface area contributed by atoms with Crippen LogP contribution in [0.15, 0.2) is 51.7 Å². The van der Waals surface area contributed by atoms with Crippen molar-refractivity contribution in [2.24, 2.45) is 0 Å². The van der Waals surface area contributed by atoms with E-state index in [1.807, 2.05) is 37.3 Å². The van der Waals surface area contributed by atoms with Crippen LogP contribution in [0.4, 0.5) is 0 Å². The van der Waals surface area contributed by atoms with Gasteiger partial charge in [-0.05, 0) is 41.8 Å². The minimum atomic E-state index is -0.367. The fraction of sp³-hybridized carbons (Fsp3) is 0.167. The number of fused-ring (bicyclic) bond motifs is 1. The molecule has 0 fully saturated rings. The van der Waals surface area contributed by atoms with Crippen LogP contribution in [0, 0.1) is 6.92 Å². The van der Waals surface area contributed by atoms with E-state index in [2.05, 4.69) is 5.32 Å².